The van der Waals surface area contributed by atoms with Crippen molar-refractivity contribution in [2.75, 3.05) is 0 Å². The van der Waals surface area contributed by atoms with Crippen LogP contribution in [0.5, 0.6) is 0 Å². The minimum atomic E-state index is -1.01. The summed E-state index contributed by atoms with van der Waals surface area (Å²) in [7, 11) is 0. The first-order valence-corrected chi connectivity index (χ1v) is 31.5. The standard InChI is InChI=1S/C10H8N4.12C5H10O2.2C2H3N.2Co.4Fe.2H2O.2O/c1-3-7-11-9(5-1)13-14-10-6-2-4-8-12-10;12*1-5(2,3)4(6)7;2*1-2-3;;;;;;;;;;/h1-8H;12*1-3H3,(H,6,7);2*1H3;;;;;;;2*1H2;;/q;;;;;;;;;;;;;;;2*+2;4*+3;;;2*-2/p-10/b14-13+;;;;;;;;;;;;;;;;;;;;;;;;. The molecule has 0 bridgehead atoms. The van der Waals surface area contributed by atoms with E-state index in [0.717, 1.165) is 0 Å². The van der Waals surface area contributed by atoms with Crippen LogP contribution in [-0.2, 0) is 181 Å². The molecule has 6 radical (unpaired) electrons. The molecule has 2 heterocycles. The number of carbonyl (C=O) groups is 12. The molecule has 0 fully saturated rings. The van der Waals surface area contributed by atoms with E-state index in [1.165, 1.54) is 13.8 Å². The molecule has 670 valence electrons. The summed E-state index contributed by atoms with van der Waals surface area (Å²) in [6, 6.07) is 14.5. The fourth-order valence-electron chi connectivity index (χ4n) is 0.928. The van der Waals surface area contributed by atoms with Crippen molar-refractivity contribution in [3.63, 3.8) is 0 Å². The van der Waals surface area contributed by atoms with E-state index >= 15 is 0 Å². The Labute approximate surface area is 740 Å². The van der Waals surface area contributed by atoms with Gasteiger partial charge in [-0.25, -0.2) is 9.97 Å². The summed E-state index contributed by atoms with van der Waals surface area (Å²) in [5.74, 6) is -10.9. The number of azo groups is 1. The van der Waals surface area contributed by atoms with Crippen LogP contribution in [0.4, 0.5) is 11.6 Å². The number of rotatable bonds is 2. The second kappa shape index (κ2) is 80.3. The maximum absolute atomic E-state index is 9.91. The van der Waals surface area contributed by atoms with Crippen LogP contribution in [0, 0.1) is 87.6 Å². The molecule has 34 nitrogen and oxygen atoms in total. The summed E-state index contributed by atoms with van der Waals surface area (Å²) in [5.41, 5.74) is -8.33. The third kappa shape index (κ3) is 154. The van der Waals surface area contributed by atoms with Gasteiger partial charge in [-0.15, -0.1) is 10.2 Å². The second-order valence-electron chi connectivity index (χ2n) is 33.5. The third-order valence-corrected chi connectivity index (χ3v) is 8.90. The average Bonchev–Trinajstić information content (AvgIpc) is 3.40. The van der Waals surface area contributed by atoms with Crippen molar-refractivity contribution in [2.45, 2.75) is 263 Å². The minimum Gasteiger partial charge on any atom is -2.00 e. The SMILES string of the molecule is CC#N.CC#N.CC(C)(C)C(=O)[O-].CC(C)(C)C(=O)[O-].CC(C)(C)C(=O)[O-].CC(C)(C)C(=O)[O-].CC(C)(C)C(=O)[O-].CC(C)(C)C(=O)[O-].CC(C)(C)C(=O)[O-].CC(C)(C)C(=O)[O-].CC(C)(C)C(=O)[O-].CC(C)(C)C(=O)[O-].CC(C)(C)C(=O)[O-].CC(C)(C)C(=O)[O-].[Co+2].[Co+2].[Fe+3].[Fe+3].[Fe+3].[Fe+3].[O-2].[O-2].[OH3+].[OH3+].c1ccc(/N=N/c2ccccn2)nc1. The Morgan fingerprint density at radius 1 is 0.254 bits per heavy atom. The molecule has 6 N–H and O–H groups in total. The van der Waals surface area contributed by atoms with Crippen molar-refractivity contribution in [1.29, 1.82) is 10.5 Å². The van der Waals surface area contributed by atoms with Gasteiger partial charge in [-0.3, -0.25) is 0 Å². The van der Waals surface area contributed by atoms with Gasteiger partial charge >= 0.3 is 102 Å². The fraction of sp³-hybridized carbons (Fsp3) is 0.676. The molecule has 0 aliphatic rings. The Bertz CT molecular complexity index is 2380. The number of hydrogen-bond acceptors (Lipinski definition) is 30. The molecule has 0 amide bonds. The second-order valence-corrected chi connectivity index (χ2v) is 33.5. The Kier molecular flexibility index (Phi) is 120. The van der Waals surface area contributed by atoms with Gasteiger partial charge in [-0.05, 0) is 24.3 Å². The molecular weight excluding hydrogens is 1760 g/mol. The molecule has 0 unspecified atom stereocenters. The van der Waals surface area contributed by atoms with Gasteiger partial charge in [0, 0.05) is 163 Å². The van der Waals surface area contributed by atoms with Gasteiger partial charge < -0.3 is 141 Å². The number of carbonyl (C=O) groups excluding carboxylic acids is 12. The number of hydrogen-bond donors (Lipinski definition) is 0. The molecule has 0 atom stereocenters. The maximum atomic E-state index is 9.91. The number of carboxylic acids is 12. The number of aromatic nitrogens is 2. The summed E-state index contributed by atoms with van der Waals surface area (Å²) in [4.78, 5) is 127. The topological polar surface area (TPSA) is 703 Å². The van der Waals surface area contributed by atoms with Crippen molar-refractivity contribution in [3.8, 4) is 12.1 Å². The van der Waals surface area contributed by atoms with Gasteiger partial charge in [0.25, 0.3) is 0 Å². The Hall–Kier alpha value is -6.55. The normalized spacial score (nSPS) is 9.75. The Morgan fingerprint density at radius 3 is 0.368 bits per heavy atom. The Morgan fingerprint density at radius 2 is 0.325 bits per heavy atom. The largest absolute Gasteiger partial charge is 3.00 e. The first kappa shape index (κ1) is 171. The average molecular weight is 1890 g/mol. The summed E-state index contributed by atoms with van der Waals surface area (Å²) in [5, 5.41) is 141. The van der Waals surface area contributed by atoms with Crippen LogP contribution in [-0.4, -0.2) is 81.6 Å². The smallest absolute Gasteiger partial charge is 2.00 e. The molecule has 0 aromatic carbocycles. The van der Waals surface area contributed by atoms with E-state index in [1.54, 1.807) is 286 Å². The zero-order valence-electron chi connectivity index (χ0n) is 73.2. The number of nitrogens with zero attached hydrogens (tertiary/aromatic N) is 6. The van der Waals surface area contributed by atoms with E-state index in [9.17, 15) is 119 Å². The summed E-state index contributed by atoms with van der Waals surface area (Å²) in [6.45, 7) is 60.4. The molecule has 40 heteroatoms. The van der Waals surface area contributed by atoms with Crippen LogP contribution < -0.4 is 61.3 Å². The molecule has 0 aliphatic carbocycles. The van der Waals surface area contributed by atoms with Crippen LogP contribution in [0.3, 0.4) is 0 Å². The summed E-state index contributed by atoms with van der Waals surface area (Å²) >= 11 is 0. The predicted octanol–water partition coefficient (Wildman–Crippen LogP) is -0.756. The van der Waals surface area contributed by atoms with Crippen molar-refractivity contribution in [3.05, 3.63) is 48.8 Å². The van der Waals surface area contributed by atoms with E-state index in [4.69, 9.17) is 10.5 Å². The zero-order valence-corrected chi connectivity index (χ0v) is 79.7. The molecule has 2 rings (SSSR count). The van der Waals surface area contributed by atoms with E-state index in [0.29, 0.717) is 11.6 Å². The van der Waals surface area contributed by atoms with Crippen LogP contribution in [0.15, 0.2) is 59.0 Å². The minimum absolute atomic E-state index is 0. The van der Waals surface area contributed by atoms with Crippen LogP contribution in [0.25, 0.3) is 0 Å². The van der Waals surface area contributed by atoms with Crippen molar-refractivity contribution >= 4 is 83.3 Å². The zero-order chi connectivity index (χ0) is 88.0. The number of carboxylic acid groups (broad SMARTS) is 12. The van der Waals surface area contributed by atoms with Gasteiger partial charge in [0.1, 0.15) is 0 Å². The molecular formula is C74H128Co2Fe4N6O28+2. The van der Waals surface area contributed by atoms with Crippen LogP contribution in [0.1, 0.15) is 263 Å². The molecule has 114 heavy (non-hydrogen) atoms. The quantitative estimate of drug-likeness (QED) is 0.203. The van der Waals surface area contributed by atoms with Crippen LogP contribution in [0.2, 0.25) is 0 Å². The molecule has 2 aromatic rings. The summed E-state index contributed by atoms with van der Waals surface area (Å²) in [6.07, 6.45) is 3.35. The number of aliphatic carboxylic acids is 12. The van der Waals surface area contributed by atoms with Gasteiger partial charge in [0.15, 0.2) is 11.6 Å². The molecule has 0 aliphatic heterocycles. The fourth-order valence-corrected chi connectivity index (χ4v) is 0.928. The van der Waals surface area contributed by atoms with E-state index in [-0.39, 0.29) is 124 Å². The van der Waals surface area contributed by atoms with Gasteiger partial charge in [0.2, 0.25) is 0 Å². The molecule has 0 saturated carbocycles. The summed E-state index contributed by atoms with van der Waals surface area (Å²) < 4.78 is 0. The van der Waals surface area contributed by atoms with Gasteiger partial charge in [-0.1, -0.05) is 261 Å². The number of pyridine rings is 2. The van der Waals surface area contributed by atoms with E-state index in [2.05, 4.69) is 20.2 Å². The maximum Gasteiger partial charge on any atom is 3.00 e. The van der Waals surface area contributed by atoms with Crippen LogP contribution >= 0.6 is 0 Å². The van der Waals surface area contributed by atoms with Crippen molar-refractivity contribution < 1.29 is 243 Å². The Balaban J connectivity index is -0.0000000372. The molecule has 0 saturated heterocycles. The monoisotopic (exact) mass is 1890 g/mol. The van der Waals surface area contributed by atoms with E-state index in [1.807, 2.05) is 24.3 Å². The third-order valence-electron chi connectivity index (χ3n) is 8.90. The number of nitriles is 2. The van der Waals surface area contributed by atoms with Gasteiger partial charge in [-0.2, -0.15) is 10.5 Å². The predicted molar refractivity (Wildman–Crippen MR) is 380 cm³/mol. The first-order valence-electron chi connectivity index (χ1n) is 31.5. The first-order chi connectivity index (χ1) is 45.1. The van der Waals surface area contributed by atoms with Gasteiger partial charge in [0.05, 0.1) is 12.1 Å². The van der Waals surface area contributed by atoms with E-state index < -0.39 is 137 Å². The van der Waals surface area contributed by atoms with Crippen molar-refractivity contribution in [2.24, 2.45) is 75.2 Å². The van der Waals surface area contributed by atoms with Crippen molar-refractivity contribution in [1.82, 2.24) is 9.97 Å². The molecule has 0 spiro atoms. The molecule has 2 aromatic heterocycles.